The number of fused-ring (bicyclic) bond motifs is 4. The van der Waals surface area contributed by atoms with Gasteiger partial charge in [0.15, 0.2) is 22.7 Å². The van der Waals surface area contributed by atoms with Crippen LogP contribution in [0.5, 0.6) is 5.75 Å². The fourth-order valence-electron chi connectivity index (χ4n) is 6.03. The Labute approximate surface area is 193 Å². The van der Waals surface area contributed by atoms with Gasteiger partial charge in [0.05, 0.1) is 17.9 Å². The minimum absolute atomic E-state index is 0.00578. The quantitative estimate of drug-likeness (QED) is 0.407. The van der Waals surface area contributed by atoms with Crippen LogP contribution in [0.1, 0.15) is 30.4 Å². The molecule has 1 fully saturated rings. The van der Waals surface area contributed by atoms with Gasteiger partial charge >= 0.3 is 0 Å². The number of phenols is 1. The predicted octanol–water partition coefficient (Wildman–Crippen LogP) is 1.27. The van der Waals surface area contributed by atoms with Crippen LogP contribution in [0.25, 0.3) is 16.7 Å². The van der Waals surface area contributed by atoms with Gasteiger partial charge in [-0.1, -0.05) is 6.92 Å². The second-order valence-corrected chi connectivity index (χ2v) is 9.48. The zero-order valence-corrected chi connectivity index (χ0v) is 18.7. The SMILES string of the molecule is C[C@H]1c2cc3ccoc3c(O)c2C(O)=C2C(=O)[C@]3(O)C(O)=C(C(N)=O)C(=O)[C@@H](N(C)C)[C@@H]3C[C@@H]21. The molecular formula is C24H24N2O8. The van der Waals surface area contributed by atoms with Crippen molar-refractivity contribution >= 4 is 34.2 Å². The Kier molecular flexibility index (Phi) is 4.53. The number of likely N-dealkylation sites (N-methyl/N-ethyl adjacent to an activating group) is 1. The van der Waals surface area contributed by atoms with E-state index in [-0.39, 0.29) is 28.9 Å². The molecule has 6 N–H and O–H groups in total. The summed E-state index contributed by atoms with van der Waals surface area (Å²) >= 11 is 0. The Morgan fingerprint density at radius 3 is 2.53 bits per heavy atom. The molecule has 2 aromatic rings. The summed E-state index contributed by atoms with van der Waals surface area (Å²) in [6.07, 6.45) is 1.43. The number of benzene rings is 1. The third-order valence-electron chi connectivity index (χ3n) is 7.64. The topological polar surface area (TPSA) is 175 Å². The Balaban J connectivity index is 1.80. The molecule has 10 heteroatoms. The monoisotopic (exact) mass is 468 g/mol. The second-order valence-electron chi connectivity index (χ2n) is 9.48. The van der Waals surface area contributed by atoms with Crippen molar-refractivity contribution in [1.82, 2.24) is 4.90 Å². The molecule has 0 bridgehead atoms. The average Bonchev–Trinajstić information content (AvgIpc) is 3.23. The molecule has 5 rings (SSSR count). The molecule has 5 atom stereocenters. The number of ketones is 2. The number of aromatic hydroxyl groups is 1. The number of nitrogens with zero attached hydrogens (tertiary/aromatic N) is 1. The van der Waals surface area contributed by atoms with E-state index in [2.05, 4.69) is 0 Å². The summed E-state index contributed by atoms with van der Waals surface area (Å²) in [4.78, 5) is 40.4. The minimum atomic E-state index is -2.66. The fourth-order valence-corrected chi connectivity index (χ4v) is 6.03. The highest BCUT2D eigenvalue weighted by molar-refractivity contribution is 6.24. The van der Waals surface area contributed by atoms with Crippen LogP contribution in [0.15, 0.2) is 39.7 Å². The number of rotatable bonds is 2. The van der Waals surface area contributed by atoms with Gasteiger partial charge in [-0.05, 0) is 50.0 Å². The van der Waals surface area contributed by atoms with Crippen molar-refractivity contribution in [3.05, 3.63) is 46.4 Å². The molecule has 178 valence electrons. The number of amides is 1. The molecule has 1 amide bonds. The number of hydrogen-bond acceptors (Lipinski definition) is 9. The highest BCUT2D eigenvalue weighted by atomic mass is 16.4. The first-order chi connectivity index (χ1) is 15.9. The van der Waals surface area contributed by atoms with Crippen LogP contribution in [0.4, 0.5) is 0 Å². The number of aliphatic hydroxyl groups is 3. The van der Waals surface area contributed by atoms with Crippen molar-refractivity contribution in [3.63, 3.8) is 0 Å². The molecule has 0 unspecified atom stereocenters. The molecular weight excluding hydrogens is 444 g/mol. The summed E-state index contributed by atoms with van der Waals surface area (Å²) in [7, 11) is 3.12. The van der Waals surface area contributed by atoms with Crippen molar-refractivity contribution in [1.29, 1.82) is 0 Å². The first-order valence-corrected chi connectivity index (χ1v) is 10.8. The maximum Gasteiger partial charge on any atom is 0.255 e. The molecule has 0 spiro atoms. The molecule has 1 aromatic heterocycles. The van der Waals surface area contributed by atoms with Gasteiger partial charge < -0.3 is 30.6 Å². The van der Waals surface area contributed by atoms with Gasteiger partial charge in [0.1, 0.15) is 17.1 Å². The number of primary amides is 1. The normalized spacial score (nSPS) is 31.1. The lowest BCUT2D eigenvalue weighted by molar-refractivity contribution is -0.154. The van der Waals surface area contributed by atoms with Gasteiger partial charge in [-0.25, -0.2) is 0 Å². The van der Waals surface area contributed by atoms with Crippen molar-refractivity contribution in [2.24, 2.45) is 17.6 Å². The minimum Gasteiger partial charge on any atom is -0.508 e. The Hall–Kier alpha value is -3.63. The molecule has 0 radical (unpaired) electrons. The molecule has 3 aliphatic carbocycles. The maximum atomic E-state index is 13.8. The number of aliphatic hydroxyl groups excluding tert-OH is 2. The predicted molar refractivity (Wildman–Crippen MR) is 119 cm³/mol. The van der Waals surface area contributed by atoms with Crippen LogP contribution in [-0.2, 0) is 14.4 Å². The lowest BCUT2D eigenvalue weighted by Crippen LogP contribution is -2.65. The molecule has 0 aliphatic heterocycles. The number of carbonyl (C=O) groups is 3. The standard InChI is InChI=1S/C24H24N2O8/c1-8-10-6-9-4-5-34-20(9)19(29)13(10)17(27)14-11(8)7-12-16(26(2)3)18(28)15(23(25)32)22(31)24(12,33)21(14)30/h4-6,8,11-12,16,27,29,31,33H,7H2,1-3H3,(H2,25,32)/t8-,11+,12-,16-,24-/m0/s1. The third kappa shape index (κ3) is 2.49. The van der Waals surface area contributed by atoms with Crippen molar-refractivity contribution in [2.45, 2.75) is 30.9 Å². The van der Waals surface area contributed by atoms with Crippen molar-refractivity contribution in [2.75, 3.05) is 14.1 Å². The lowest BCUT2D eigenvalue weighted by Gasteiger charge is -2.51. The lowest BCUT2D eigenvalue weighted by atomic mass is 9.55. The van der Waals surface area contributed by atoms with E-state index < -0.39 is 64.0 Å². The average molecular weight is 468 g/mol. The molecule has 1 heterocycles. The Morgan fingerprint density at radius 2 is 1.91 bits per heavy atom. The molecule has 34 heavy (non-hydrogen) atoms. The van der Waals surface area contributed by atoms with E-state index >= 15 is 0 Å². The van der Waals surface area contributed by atoms with E-state index in [0.29, 0.717) is 10.9 Å². The first-order valence-electron chi connectivity index (χ1n) is 10.8. The zero-order valence-electron chi connectivity index (χ0n) is 18.7. The Morgan fingerprint density at radius 1 is 1.24 bits per heavy atom. The van der Waals surface area contributed by atoms with E-state index in [1.165, 1.54) is 11.2 Å². The van der Waals surface area contributed by atoms with E-state index in [9.17, 15) is 34.8 Å². The highest BCUT2D eigenvalue weighted by Gasteiger charge is 2.64. The van der Waals surface area contributed by atoms with Crippen LogP contribution < -0.4 is 5.73 Å². The largest absolute Gasteiger partial charge is 0.508 e. The summed E-state index contributed by atoms with van der Waals surface area (Å²) in [6.45, 7) is 1.82. The van der Waals surface area contributed by atoms with Gasteiger partial charge in [-0.15, -0.1) is 0 Å². The second kappa shape index (κ2) is 6.94. The fraction of sp³-hybridized carbons (Fsp3) is 0.375. The van der Waals surface area contributed by atoms with E-state index in [1.54, 1.807) is 26.2 Å². The smallest absolute Gasteiger partial charge is 0.255 e. The van der Waals surface area contributed by atoms with Gasteiger partial charge in [0, 0.05) is 16.9 Å². The summed E-state index contributed by atoms with van der Waals surface area (Å²) in [5.74, 6) is -7.24. The number of nitrogens with two attached hydrogens (primary N) is 1. The van der Waals surface area contributed by atoms with E-state index in [4.69, 9.17) is 10.2 Å². The molecule has 0 saturated heterocycles. The summed E-state index contributed by atoms with van der Waals surface area (Å²) in [5.41, 5.74) is 2.35. The summed E-state index contributed by atoms with van der Waals surface area (Å²) in [5, 5.41) is 45.1. The number of phenolic OH excluding ortho intramolecular Hbond substituents is 1. The molecule has 1 aromatic carbocycles. The highest BCUT2D eigenvalue weighted by Crippen LogP contribution is 2.56. The Bertz CT molecular complexity index is 1370. The molecule has 3 aliphatic rings. The van der Waals surface area contributed by atoms with Gasteiger partial charge in [0.25, 0.3) is 5.91 Å². The van der Waals surface area contributed by atoms with Crippen LogP contribution >= 0.6 is 0 Å². The van der Waals surface area contributed by atoms with Crippen LogP contribution in [-0.4, -0.2) is 68.5 Å². The van der Waals surface area contributed by atoms with Gasteiger partial charge in [-0.2, -0.15) is 0 Å². The summed E-state index contributed by atoms with van der Waals surface area (Å²) in [6, 6.07) is 2.31. The number of furan rings is 1. The van der Waals surface area contributed by atoms with Gasteiger partial charge in [0.2, 0.25) is 5.78 Å². The van der Waals surface area contributed by atoms with E-state index in [1.807, 2.05) is 6.92 Å². The van der Waals surface area contributed by atoms with Crippen LogP contribution in [0.2, 0.25) is 0 Å². The van der Waals surface area contributed by atoms with Crippen molar-refractivity contribution < 1.29 is 39.2 Å². The zero-order chi connectivity index (χ0) is 24.9. The van der Waals surface area contributed by atoms with Crippen molar-refractivity contribution in [3.8, 4) is 5.75 Å². The molecule has 1 saturated carbocycles. The third-order valence-corrected chi connectivity index (χ3v) is 7.64. The number of Topliss-reactive ketones (excluding diaryl/α,β-unsaturated/α-hetero) is 2. The van der Waals surface area contributed by atoms with Crippen LogP contribution in [0, 0.1) is 11.8 Å². The molecule has 10 nitrogen and oxygen atoms in total. The van der Waals surface area contributed by atoms with E-state index in [0.717, 1.165) is 0 Å². The number of carbonyl (C=O) groups excluding carboxylic acids is 3. The first kappa shape index (κ1) is 22.2. The van der Waals surface area contributed by atoms with Crippen LogP contribution in [0.3, 0.4) is 0 Å². The summed E-state index contributed by atoms with van der Waals surface area (Å²) < 4.78 is 5.32. The maximum absolute atomic E-state index is 13.8. The number of hydrogen-bond donors (Lipinski definition) is 5. The van der Waals surface area contributed by atoms with Gasteiger partial charge in [-0.3, -0.25) is 19.3 Å².